The van der Waals surface area contributed by atoms with Gasteiger partial charge in [0.1, 0.15) is 17.8 Å². The van der Waals surface area contributed by atoms with Crippen molar-refractivity contribution in [2.75, 3.05) is 18.0 Å². The lowest BCUT2D eigenvalue weighted by atomic mass is 9.75. The molecule has 2 saturated heterocycles. The van der Waals surface area contributed by atoms with Crippen molar-refractivity contribution in [2.24, 2.45) is 5.41 Å². The molecular formula is C28H29N5O. The van der Waals surface area contributed by atoms with Gasteiger partial charge in [0.25, 0.3) is 0 Å². The summed E-state index contributed by atoms with van der Waals surface area (Å²) >= 11 is 0. The number of hydrogen-bond donors (Lipinski definition) is 1. The van der Waals surface area contributed by atoms with E-state index in [4.69, 9.17) is 0 Å². The van der Waals surface area contributed by atoms with Crippen LogP contribution < -0.4 is 4.90 Å². The predicted molar refractivity (Wildman–Crippen MR) is 133 cm³/mol. The fourth-order valence-electron chi connectivity index (χ4n) is 5.84. The van der Waals surface area contributed by atoms with Gasteiger partial charge in [-0.2, -0.15) is 0 Å². The van der Waals surface area contributed by atoms with Gasteiger partial charge in [-0.1, -0.05) is 60.7 Å². The number of amides is 1. The van der Waals surface area contributed by atoms with E-state index >= 15 is 0 Å². The number of carbonyl (C=O) groups excluding carboxylic acids is 1. The number of aromatic nitrogens is 3. The summed E-state index contributed by atoms with van der Waals surface area (Å²) in [5.41, 5.74) is 3.07. The summed E-state index contributed by atoms with van der Waals surface area (Å²) in [6, 6.07) is 23.2. The Kier molecular flexibility index (Phi) is 5.28. The molecule has 6 heteroatoms. The average Bonchev–Trinajstić information content (AvgIpc) is 3.45. The van der Waals surface area contributed by atoms with Gasteiger partial charge in [-0.15, -0.1) is 0 Å². The zero-order valence-electron chi connectivity index (χ0n) is 19.2. The predicted octanol–water partition coefficient (Wildman–Crippen LogP) is 4.59. The summed E-state index contributed by atoms with van der Waals surface area (Å²) in [6.45, 7) is 2.35. The van der Waals surface area contributed by atoms with Gasteiger partial charge in [0.2, 0.25) is 5.91 Å². The van der Waals surface area contributed by atoms with Crippen molar-refractivity contribution in [1.29, 1.82) is 0 Å². The number of nitrogens with one attached hydrogen (secondary N) is 1. The molecular weight excluding hydrogens is 422 g/mol. The largest absolute Gasteiger partial charge is 0.356 e. The second-order valence-electron chi connectivity index (χ2n) is 9.67. The number of aromatic amines is 1. The topological polar surface area (TPSA) is 65.1 Å². The Bertz CT molecular complexity index is 1280. The van der Waals surface area contributed by atoms with Crippen LogP contribution in [0.25, 0.3) is 11.0 Å². The number of benzene rings is 2. The van der Waals surface area contributed by atoms with Crippen LogP contribution in [0, 0.1) is 5.41 Å². The van der Waals surface area contributed by atoms with Crippen LogP contribution in [-0.4, -0.2) is 44.9 Å². The maximum absolute atomic E-state index is 14.0. The Labute approximate surface area is 199 Å². The number of carbonyl (C=O) groups is 1. The molecule has 1 unspecified atom stereocenters. The van der Waals surface area contributed by atoms with Crippen LogP contribution in [0.4, 0.5) is 5.82 Å². The highest BCUT2D eigenvalue weighted by atomic mass is 16.2. The Morgan fingerprint density at radius 3 is 2.35 bits per heavy atom. The molecule has 1 N–H and O–H groups in total. The first-order chi connectivity index (χ1) is 16.7. The van der Waals surface area contributed by atoms with E-state index in [-0.39, 0.29) is 11.5 Å². The van der Waals surface area contributed by atoms with Crippen molar-refractivity contribution in [3.05, 3.63) is 90.4 Å². The molecule has 2 aliphatic heterocycles. The van der Waals surface area contributed by atoms with Crippen molar-refractivity contribution >= 4 is 22.8 Å². The van der Waals surface area contributed by atoms with Gasteiger partial charge in [0.15, 0.2) is 0 Å². The van der Waals surface area contributed by atoms with Crippen LogP contribution in [0.1, 0.15) is 30.4 Å². The molecule has 1 atom stereocenters. The molecule has 0 saturated carbocycles. The van der Waals surface area contributed by atoms with Gasteiger partial charge in [-0.05, 0) is 42.9 Å². The molecule has 4 aromatic rings. The van der Waals surface area contributed by atoms with E-state index in [1.165, 1.54) is 11.1 Å². The molecule has 6 rings (SSSR count). The maximum atomic E-state index is 14.0. The standard InChI is InChI=1S/C28H29N5O/c34-27-28(12-15-32(16-13-28)26-24-11-14-29-25(24)30-20-31-26)18-23(17-21-7-3-1-4-8-21)33(27)19-22-9-5-2-6-10-22/h1-11,14,20,23H,12-13,15-19H2,(H,29,30,31). The molecule has 2 fully saturated rings. The Balaban J connectivity index is 1.25. The van der Waals surface area contributed by atoms with Crippen molar-refractivity contribution < 1.29 is 4.79 Å². The van der Waals surface area contributed by atoms with Crippen LogP contribution in [0.3, 0.4) is 0 Å². The van der Waals surface area contributed by atoms with Crippen LogP contribution in [0.15, 0.2) is 79.3 Å². The molecule has 0 bridgehead atoms. The van der Waals surface area contributed by atoms with Gasteiger partial charge in [0, 0.05) is 31.9 Å². The number of fused-ring (bicyclic) bond motifs is 1. The molecule has 1 amide bonds. The number of anilines is 1. The van der Waals surface area contributed by atoms with E-state index < -0.39 is 0 Å². The smallest absolute Gasteiger partial charge is 0.229 e. The van der Waals surface area contributed by atoms with Gasteiger partial charge in [-0.25, -0.2) is 9.97 Å². The highest BCUT2D eigenvalue weighted by Crippen LogP contribution is 2.46. The molecule has 6 nitrogen and oxygen atoms in total. The average molecular weight is 452 g/mol. The summed E-state index contributed by atoms with van der Waals surface area (Å²) in [5.74, 6) is 1.29. The summed E-state index contributed by atoms with van der Waals surface area (Å²) in [4.78, 5) is 30.5. The van der Waals surface area contributed by atoms with Gasteiger partial charge in [-0.3, -0.25) is 4.79 Å². The van der Waals surface area contributed by atoms with E-state index in [0.29, 0.717) is 12.5 Å². The molecule has 4 heterocycles. The van der Waals surface area contributed by atoms with E-state index in [0.717, 1.165) is 55.6 Å². The van der Waals surface area contributed by atoms with Gasteiger partial charge >= 0.3 is 0 Å². The Morgan fingerprint density at radius 1 is 0.912 bits per heavy atom. The Hall–Kier alpha value is -3.67. The SMILES string of the molecule is O=C1N(Cc2ccccc2)C(Cc2ccccc2)CC12CCN(c1ncnc3[nH]ccc13)CC2. The first kappa shape index (κ1) is 20.9. The van der Waals surface area contributed by atoms with Crippen molar-refractivity contribution in [3.8, 4) is 0 Å². The molecule has 0 aliphatic carbocycles. The minimum absolute atomic E-state index is 0.220. The third-order valence-electron chi connectivity index (χ3n) is 7.64. The van der Waals surface area contributed by atoms with Crippen molar-refractivity contribution in [2.45, 2.75) is 38.3 Å². The van der Waals surface area contributed by atoms with Gasteiger partial charge in [0.05, 0.1) is 10.8 Å². The second-order valence-corrected chi connectivity index (χ2v) is 9.67. The number of nitrogens with zero attached hydrogens (tertiary/aromatic N) is 4. The number of piperidine rings is 1. The van der Waals surface area contributed by atoms with Crippen LogP contribution in [0.2, 0.25) is 0 Å². The fraction of sp³-hybridized carbons (Fsp3) is 0.321. The third-order valence-corrected chi connectivity index (χ3v) is 7.64. The summed E-state index contributed by atoms with van der Waals surface area (Å²) in [7, 11) is 0. The molecule has 0 radical (unpaired) electrons. The molecule has 34 heavy (non-hydrogen) atoms. The molecule has 172 valence electrons. The number of hydrogen-bond acceptors (Lipinski definition) is 4. The van der Waals surface area contributed by atoms with Gasteiger partial charge < -0.3 is 14.8 Å². The Morgan fingerprint density at radius 2 is 1.62 bits per heavy atom. The monoisotopic (exact) mass is 451 g/mol. The number of likely N-dealkylation sites (tertiary alicyclic amines) is 1. The van der Waals surface area contributed by atoms with Crippen molar-refractivity contribution in [1.82, 2.24) is 19.9 Å². The van der Waals surface area contributed by atoms with Crippen molar-refractivity contribution in [3.63, 3.8) is 0 Å². The summed E-state index contributed by atoms with van der Waals surface area (Å²) in [5, 5.41) is 1.05. The first-order valence-corrected chi connectivity index (χ1v) is 12.1. The first-order valence-electron chi connectivity index (χ1n) is 12.1. The lowest BCUT2D eigenvalue weighted by molar-refractivity contribution is -0.138. The van der Waals surface area contributed by atoms with Crippen LogP contribution >= 0.6 is 0 Å². The minimum Gasteiger partial charge on any atom is -0.356 e. The van der Waals surface area contributed by atoms with E-state index in [1.807, 2.05) is 18.3 Å². The quantitative estimate of drug-likeness (QED) is 0.482. The highest BCUT2D eigenvalue weighted by Gasteiger charge is 2.52. The zero-order valence-corrected chi connectivity index (χ0v) is 19.2. The third kappa shape index (κ3) is 3.73. The zero-order chi connectivity index (χ0) is 23.0. The van der Waals surface area contributed by atoms with Crippen LogP contribution in [0.5, 0.6) is 0 Å². The van der Waals surface area contributed by atoms with E-state index in [9.17, 15) is 4.79 Å². The second kappa shape index (κ2) is 8.60. The molecule has 2 aliphatic rings. The fourth-order valence-corrected chi connectivity index (χ4v) is 5.84. The lowest BCUT2D eigenvalue weighted by Gasteiger charge is -2.38. The maximum Gasteiger partial charge on any atom is 0.229 e. The molecule has 1 spiro atoms. The molecule has 2 aromatic heterocycles. The normalized spacial score (nSPS) is 19.9. The number of H-pyrrole nitrogens is 1. The summed E-state index contributed by atoms with van der Waals surface area (Å²) in [6.07, 6.45) is 7.07. The van der Waals surface area contributed by atoms with E-state index in [1.54, 1.807) is 6.33 Å². The summed E-state index contributed by atoms with van der Waals surface area (Å²) < 4.78 is 0. The van der Waals surface area contributed by atoms with E-state index in [2.05, 4.69) is 79.3 Å². The lowest BCUT2D eigenvalue weighted by Crippen LogP contribution is -2.45. The number of rotatable bonds is 5. The minimum atomic E-state index is -0.283. The van der Waals surface area contributed by atoms with Crippen LogP contribution in [-0.2, 0) is 17.8 Å². The molecule has 2 aromatic carbocycles. The highest BCUT2D eigenvalue weighted by molar-refractivity contribution is 5.88.